The van der Waals surface area contributed by atoms with Gasteiger partial charge in [0, 0.05) is 50.4 Å². The molecule has 0 aromatic heterocycles. The van der Waals surface area contributed by atoms with Gasteiger partial charge in [-0.15, -0.1) is 0 Å². The highest BCUT2D eigenvalue weighted by Gasteiger charge is 2.52. The summed E-state index contributed by atoms with van der Waals surface area (Å²) in [5.41, 5.74) is 9.43. The van der Waals surface area contributed by atoms with Gasteiger partial charge in [-0.1, -0.05) is 24.3 Å². The number of hydrogen-bond donors (Lipinski definition) is 4. The quantitative estimate of drug-likeness (QED) is 0.222. The molecule has 4 aromatic rings. The Balaban J connectivity index is 1.74. The normalized spacial score (nSPS) is 13.0. The van der Waals surface area contributed by atoms with Gasteiger partial charge in [-0.2, -0.15) is 0 Å². The van der Waals surface area contributed by atoms with Crippen molar-refractivity contribution in [1.29, 1.82) is 0 Å². The first-order valence-corrected chi connectivity index (χ1v) is 13.3. The fourth-order valence-corrected chi connectivity index (χ4v) is 6.35. The van der Waals surface area contributed by atoms with Gasteiger partial charge in [0.1, 0.15) is 0 Å². The minimum absolute atomic E-state index is 0.185. The van der Waals surface area contributed by atoms with E-state index in [2.05, 4.69) is 21.3 Å². The molecule has 0 aliphatic heterocycles. The smallest absolute Gasteiger partial charge is 0.221 e. The summed E-state index contributed by atoms with van der Waals surface area (Å²) >= 11 is 0. The maximum absolute atomic E-state index is 12.1. The molecule has 0 fully saturated rings. The number of hydrogen-bond acceptors (Lipinski definition) is 4. The van der Waals surface area contributed by atoms with Crippen molar-refractivity contribution < 1.29 is 19.2 Å². The van der Waals surface area contributed by atoms with Crippen LogP contribution in [-0.4, -0.2) is 23.6 Å². The number of rotatable bonds is 4. The number of benzene rings is 4. The van der Waals surface area contributed by atoms with Crippen molar-refractivity contribution in [2.45, 2.75) is 33.1 Å². The van der Waals surface area contributed by atoms with Crippen molar-refractivity contribution in [2.75, 3.05) is 21.3 Å². The van der Waals surface area contributed by atoms with E-state index in [0.717, 1.165) is 44.5 Å². The van der Waals surface area contributed by atoms with E-state index < -0.39 is 5.41 Å². The molecule has 0 radical (unpaired) electrons. The summed E-state index contributed by atoms with van der Waals surface area (Å²) in [6.45, 7) is 5.88. The minimum Gasteiger partial charge on any atom is -0.326 e. The molecule has 0 bridgehead atoms. The Hall–Kier alpha value is -5.24. The molecule has 8 nitrogen and oxygen atoms in total. The zero-order valence-electron chi connectivity index (χ0n) is 23.1. The van der Waals surface area contributed by atoms with Crippen LogP contribution < -0.4 is 21.3 Å². The lowest BCUT2D eigenvalue weighted by atomic mass is 9.70. The molecule has 0 saturated heterocycles. The monoisotopic (exact) mass is 544 g/mol. The fraction of sp³-hybridized carbons (Fsp3) is 0.152. The Morgan fingerprint density at radius 1 is 0.415 bits per heavy atom. The molecule has 2 aliphatic carbocycles. The number of fused-ring (bicyclic) bond motifs is 10. The van der Waals surface area contributed by atoms with Crippen molar-refractivity contribution in [2.24, 2.45) is 0 Å². The maximum atomic E-state index is 12.1. The molecular weight excluding hydrogens is 516 g/mol. The van der Waals surface area contributed by atoms with Crippen molar-refractivity contribution in [3.05, 3.63) is 95.1 Å². The zero-order valence-corrected chi connectivity index (χ0v) is 23.1. The molecule has 0 unspecified atom stereocenters. The number of nitrogens with one attached hydrogen (secondary N) is 4. The highest BCUT2D eigenvalue weighted by atomic mass is 16.2. The topological polar surface area (TPSA) is 116 Å². The van der Waals surface area contributed by atoms with Crippen LogP contribution in [0, 0.1) is 0 Å². The average molecular weight is 545 g/mol. The van der Waals surface area contributed by atoms with Gasteiger partial charge in [0.25, 0.3) is 0 Å². The molecule has 204 valence electrons. The van der Waals surface area contributed by atoms with Gasteiger partial charge >= 0.3 is 0 Å². The second-order valence-electron chi connectivity index (χ2n) is 10.5. The number of carbonyl (C=O) groups excluding carboxylic acids is 4. The van der Waals surface area contributed by atoms with Crippen LogP contribution >= 0.6 is 0 Å². The molecule has 8 heteroatoms. The van der Waals surface area contributed by atoms with Gasteiger partial charge < -0.3 is 21.3 Å². The molecular formula is C33H28N4O4. The fourth-order valence-electron chi connectivity index (χ4n) is 6.35. The van der Waals surface area contributed by atoms with Gasteiger partial charge in [0.05, 0.1) is 5.41 Å². The first-order chi connectivity index (χ1) is 19.6. The lowest BCUT2D eigenvalue weighted by Crippen LogP contribution is -2.27. The summed E-state index contributed by atoms with van der Waals surface area (Å²) in [6.07, 6.45) is 0. The Morgan fingerprint density at radius 2 is 0.634 bits per heavy atom. The van der Waals surface area contributed by atoms with E-state index in [-0.39, 0.29) is 23.6 Å². The minimum atomic E-state index is -0.874. The van der Waals surface area contributed by atoms with Crippen LogP contribution in [0.3, 0.4) is 0 Å². The highest BCUT2D eigenvalue weighted by molar-refractivity contribution is 6.00. The van der Waals surface area contributed by atoms with Crippen LogP contribution in [0.5, 0.6) is 0 Å². The lowest BCUT2D eigenvalue weighted by Gasteiger charge is -2.31. The van der Waals surface area contributed by atoms with Crippen molar-refractivity contribution in [1.82, 2.24) is 0 Å². The van der Waals surface area contributed by atoms with Gasteiger partial charge in [0.15, 0.2) is 0 Å². The second kappa shape index (κ2) is 9.45. The third kappa shape index (κ3) is 4.15. The Kier molecular flexibility index (Phi) is 5.99. The largest absolute Gasteiger partial charge is 0.326 e. The third-order valence-corrected chi connectivity index (χ3v) is 7.56. The standard InChI is InChI=1S/C33H28N4O4/c1-17(38)34-21-5-9-25-26-10-6-22(35-18(2)39)14-30(26)33(29(25)13-21)31-15-23(36-19(3)40)7-11-27(31)28-12-8-24(16-32(28)33)37-20(4)41/h5-16H,1-4H3,(H,34,38)(H,35,39)(H,36,40)(H,37,41). The van der Waals surface area contributed by atoms with Crippen LogP contribution in [0.25, 0.3) is 22.3 Å². The molecule has 41 heavy (non-hydrogen) atoms. The molecule has 2 aliphatic rings. The number of anilines is 4. The van der Waals surface area contributed by atoms with Crippen LogP contribution in [-0.2, 0) is 24.6 Å². The summed E-state index contributed by atoms with van der Waals surface area (Å²) in [4.78, 5) is 48.2. The Bertz CT molecular complexity index is 1560. The van der Waals surface area contributed by atoms with E-state index in [4.69, 9.17) is 0 Å². The van der Waals surface area contributed by atoms with Crippen molar-refractivity contribution in [3.63, 3.8) is 0 Å². The molecule has 4 amide bonds. The lowest BCUT2D eigenvalue weighted by molar-refractivity contribution is -0.115. The van der Waals surface area contributed by atoms with E-state index in [0.29, 0.717) is 22.7 Å². The van der Waals surface area contributed by atoms with E-state index in [1.54, 1.807) is 0 Å². The highest BCUT2D eigenvalue weighted by Crippen LogP contribution is 2.64. The van der Waals surface area contributed by atoms with E-state index in [1.165, 1.54) is 27.7 Å². The van der Waals surface area contributed by atoms with E-state index >= 15 is 0 Å². The van der Waals surface area contributed by atoms with E-state index in [9.17, 15) is 19.2 Å². The zero-order chi connectivity index (χ0) is 29.1. The number of carbonyl (C=O) groups is 4. The summed E-state index contributed by atoms with van der Waals surface area (Å²) in [6, 6.07) is 23.5. The Labute approximate surface area is 237 Å². The first kappa shape index (κ1) is 26.0. The molecule has 4 N–H and O–H groups in total. The molecule has 1 spiro atoms. The summed E-state index contributed by atoms with van der Waals surface area (Å²) < 4.78 is 0. The predicted octanol–water partition coefficient (Wildman–Crippen LogP) is 5.86. The van der Waals surface area contributed by atoms with Crippen molar-refractivity contribution in [3.8, 4) is 22.3 Å². The molecule has 0 saturated carbocycles. The van der Waals surface area contributed by atoms with Gasteiger partial charge in [0.2, 0.25) is 23.6 Å². The summed E-state index contributed by atoms with van der Waals surface area (Å²) in [7, 11) is 0. The van der Waals surface area contributed by atoms with Crippen molar-refractivity contribution >= 4 is 46.4 Å². The Morgan fingerprint density at radius 3 is 0.829 bits per heavy atom. The maximum Gasteiger partial charge on any atom is 0.221 e. The molecule has 4 aromatic carbocycles. The van der Waals surface area contributed by atoms with Crippen LogP contribution in [0.4, 0.5) is 22.7 Å². The summed E-state index contributed by atoms with van der Waals surface area (Å²) in [5.74, 6) is -0.739. The summed E-state index contributed by atoms with van der Waals surface area (Å²) in [5, 5.41) is 11.7. The van der Waals surface area contributed by atoms with Crippen LogP contribution in [0.1, 0.15) is 49.9 Å². The predicted molar refractivity (Wildman–Crippen MR) is 160 cm³/mol. The first-order valence-electron chi connectivity index (χ1n) is 13.3. The average Bonchev–Trinajstić information content (AvgIpc) is 3.33. The second-order valence-corrected chi connectivity index (χ2v) is 10.5. The molecule has 0 atom stereocenters. The van der Waals surface area contributed by atoms with E-state index in [1.807, 2.05) is 72.8 Å². The SMILES string of the molecule is CC(=O)Nc1ccc2c(c1)C1(c3cc(NC(C)=O)ccc3-2)c2cc(NC(C)=O)ccc2-c2ccc(NC(C)=O)cc21. The third-order valence-electron chi connectivity index (χ3n) is 7.56. The van der Waals surface area contributed by atoms with Gasteiger partial charge in [-0.05, 0) is 93.0 Å². The van der Waals surface area contributed by atoms with Gasteiger partial charge in [-0.25, -0.2) is 0 Å². The van der Waals surface area contributed by atoms with Crippen LogP contribution in [0.2, 0.25) is 0 Å². The van der Waals surface area contributed by atoms with Crippen LogP contribution in [0.15, 0.2) is 72.8 Å². The van der Waals surface area contributed by atoms with Gasteiger partial charge in [-0.3, -0.25) is 19.2 Å². The molecule has 0 heterocycles. The number of amides is 4. The molecule has 6 rings (SSSR count).